The van der Waals surface area contributed by atoms with Crippen LogP contribution in [0.5, 0.6) is 0 Å². The Kier molecular flexibility index (Phi) is 3.60. The quantitative estimate of drug-likeness (QED) is 0.870. The summed E-state index contributed by atoms with van der Waals surface area (Å²) >= 11 is 0. The van der Waals surface area contributed by atoms with E-state index in [0.717, 1.165) is 23.1 Å². The summed E-state index contributed by atoms with van der Waals surface area (Å²) in [6.07, 6.45) is 2.15. The van der Waals surface area contributed by atoms with Gasteiger partial charge in [-0.25, -0.2) is 4.79 Å². The molecule has 4 heteroatoms. The number of carboxylic acid groups (broad SMARTS) is 1. The number of carbonyl (C=O) groups is 2. The Labute approximate surface area is 112 Å². The molecule has 0 unspecified atom stereocenters. The number of rotatable bonds is 4. The molecule has 0 saturated heterocycles. The average Bonchev–Trinajstić information content (AvgIpc) is 2.28. The fourth-order valence-corrected chi connectivity index (χ4v) is 2.40. The van der Waals surface area contributed by atoms with E-state index >= 15 is 0 Å². The van der Waals surface area contributed by atoms with Crippen LogP contribution < -0.4 is 5.32 Å². The summed E-state index contributed by atoms with van der Waals surface area (Å²) in [5.41, 5.74) is 2.09. The smallest absolute Gasteiger partial charge is 0.329 e. The average molecular weight is 261 g/mol. The topological polar surface area (TPSA) is 66.4 Å². The second-order valence-corrected chi connectivity index (χ2v) is 5.40. The lowest BCUT2D eigenvalue weighted by molar-refractivity contribution is -0.151. The third kappa shape index (κ3) is 2.78. The number of nitrogens with one attached hydrogen (secondary N) is 1. The maximum Gasteiger partial charge on any atom is 0.329 e. The molecule has 0 heterocycles. The van der Waals surface area contributed by atoms with Gasteiger partial charge in [-0.2, -0.15) is 0 Å². The lowest BCUT2D eigenvalue weighted by atomic mass is 9.76. The van der Waals surface area contributed by atoms with Crippen molar-refractivity contribution in [2.24, 2.45) is 0 Å². The van der Waals surface area contributed by atoms with Crippen molar-refractivity contribution in [3.63, 3.8) is 0 Å². The maximum absolute atomic E-state index is 12.0. The Morgan fingerprint density at radius 3 is 2.53 bits per heavy atom. The first-order valence-corrected chi connectivity index (χ1v) is 6.53. The highest BCUT2D eigenvalue weighted by Crippen LogP contribution is 2.32. The zero-order chi connectivity index (χ0) is 14.0. The second kappa shape index (κ2) is 5.03. The molecule has 1 fully saturated rings. The van der Waals surface area contributed by atoms with Gasteiger partial charge in [0.1, 0.15) is 5.54 Å². The number of carboxylic acids is 1. The van der Waals surface area contributed by atoms with Crippen LogP contribution in [0.3, 0.4) is 0 Å². The van der Waals surface area contributed by atoms with Crippen LogP contribution in [0.4, 0.5) is 0 Å². The molecule has 0 atom stereocenters. The second-order valence-electron chi connectivity index (χ2n) is 5.40. The van der Waals surface area contributed by atoms with Crippen LogP contribution in [0.25, 0.3) is 0 Å². The Bertz CT molecular complexity index is 518. The van der Waals surface area contributed by atoms with Gasteiger partial charge in [-0.05, 0) is 44.2 Å². The number of hydrogen-bond acceptors (Lipinski definition) is 2. The van der Waals surface area contributed by atoms with Crippen molar-refractivity contribution in [3.05, 3.63) is 34.9 Å². The predicted octanol–water partition coefficient (Wildman–Crippen LogP) is 1.97. The summed E-state index contributed by atoms with van der Waals surface area (Å²) in [5, 5.41) is 11.9. The molecular weight excluding hydrogens is 242 g/mol. The molecule has 0 aliphatic heterocycles. The summed E-state index contributed by atoms with van der Waals surface area (Å²) in [7, 11) is 0. The lowest BCUT2D eigenvalue weighted by Gasteiger charge is -2.38. The Balaban J connectivity index is 2.05. The van der Waals surface area contributed by atoms with Crippen LogP contribution in [-0.4, -0.2) is 22.5 Å². The van der Waals surface area contributed by atoms with Gasteiger partial charge < -0.3 is 10.4 Å². The van der Waals surface area contributed by atoms with E-state index in [2.05, 4.69) is 5.32 Å². The van der Waals surface area contributed by atoms with E-state index in [1.165, 1.54) is 0 Å². The summed E-state index contributed by atoms with van der Waals surface area (Å²) in [6.45, 7) is 3.93. The molecule has 1 aliphatic carbocycles. The van der Waals surface area contributed by atoms with Crippen molar-refractivity contribution in [1.29, 1.82) is 0 Å². The lowest BCUT2D eigenvalue weighted by Crippen LogP contribution is -2.59. The van der Waals surface area contributed by atoms with E-state index in [9.17, 15) is 14.7 Å². The highest BCUT2D eigenvalue weighted by molar-refractivity contribution is 5.88. The fourth-order valence-electron chi connectivity index (χ4n) is 2.40. The first-order valence-electron chi connectivity index (χ1n) is 6.53. The van der Waals surface area contributed by atoms with Gasteiger partial charge >= 0.3 is 5.97 Å². The van der Waals surface area contributed by atoms with Gasteiger partial charge in [0, 0.05) is 0 Å². The van der Waals surface area contributed by atoms with Gasteiger partial charge in [0.15, 0.2) is 0 Å². The van der Waals surface area contributed by atoms with Gasteiger partial charge in [-0.1, -0.05) is 23.8 Å². The molecule has 1 aromatic rings. The van der Waals surface area contributed by atoms with E-state index in [0.29, 0.717) is 12.8 Å². The van der Waals surface area contributed by atoms with E-state index < -0.39 is 11.5 Å². The first-order chi connectivity index (χ1) is 8.93. The van der Waals surface area contributed by atoms with Gasteiger partial charge in [-0.3, -0.25) is 4.79 Å². The fraction of sp³-hybridized carbons (Fsp3) is 0.467. The minimum atomic E-state index is -1.02. The van der Waals surface area contributed by atoms with Crippen LogP contribution in [0.1, 0.15) is 36.0 Å². The van der Waals surface area contributed by atoms with Crippen LogP contribution in [0.15, 0.2) is 18.2 Å². The highest BCUT2D eigenvalue weighted by atomic mass is 16.4. The molecule has 1 aliphatic rings. The first kappa shape index (κ1) is 13.6. The molecule has 1 aromatic carbocycles. The van der Waals surface area contributed by atoms with Crippen LogP contribution >= 0.6 is 0 Å². The van der Waals surface area contributed by atoms with E-state index in [1.54, 1.807) is 0 Å². The van der Waals surface area contributed by atoms with Crippen molar-refractivity contribution in [2.45, 2.75) is 45.1 Å². The van der Waals surface area contributed by atoms with E-state index in [1.807, 2.05) is 32.0 Å². The number of aryl methyl sites for hydroxylation is 2. The molecule has 1 amide bonds. The number of carbonyl (C=O) groups excluding carboxylic acids is 1. The minimum Gasteiger partial charge on any atom is -0.480 e. The highest BCUT2D eigenvalue weighted by Gasteiger charge is 2.45. The van der Waals surface area contributed by atoms with Gasteiger partial charge in [0.2, 0.25) is 5.91 Å². The molecule has 19 heavy (non-hydrogen) atoms. The Hall–Kier alpha value is -1.84. The molecule has 0 aromatic heterocycles. The van der Waals surface area contributed by atoms with Gasteiger partial charge in [0.05, 0.1) is 6.42 Å². The monoisotopic (exact) mass is 261 g/mol. The zero-order valence-electron chi connectivity index (χ0n) is 11.3. The SMILES string of the molecule is Cc1ccc(C)c(CC(=O)NC2(C(=O)O)CCC2)c1. The third-order valence-corrected chi connectivity index (χ3v) is 3.85. The van der Waals surface area contributed by atoms with Crippen molar-refractivity contribution in [2.75, 3.05) is 0 Å². The molecule has 1 saturated carbocycles. The van der Waals surface area contributed by atoms with Gasteiger partial charge in [-0.15, -0.1) is 0 Å². The number of amides is 1. The van der Waals surface area contributed by atoms with Crippen LogP contribution in [0.2, 0.25) is 0 Å². The predicted molar refractivity (Wildman–Crippen MR) is 72.0 cm³/mol. The molecule has 0 spiro atoms. The minimum absolute atomic E-state index is 0.212. The van der Waals surface area contributed by atoms with Crippen molar-refractivity contribution in [3.8, 4) is 0 Å². The number of hydrogen-bond donors (Lipinski definition) is 2. The van der Waals surface area contributed by atoms with E-state index in [4.69, 9.17) is 0 Å². The summed E-state index contributed by atoms with van der Waals surface area (Å²) < 4.78 is 0. The molecular formula is C15H19NO3. The van der Waals surface area contributed by atoms with Crippen molar-refractivity contribution in [1.82, 2.24) is 5.32 Å². The largest absolute Gasteiger partial charge is 0.480 e. The number of aliphatic carboxylic acids is 1. The summed E-state index contributed by atoms with van der Waals surface area (Å²) in [5.74, 6) is -1.14. The van der Waals surface area contributed by atoms with Gasteiger partial charge in [0.25, 0.3) is 0 Å². The Morgan fingerprint density at radius 1 is 1.32 bits per heavy atom. The standard InChI is InChI=1S/C15H19NO3/c1-10-4-5-11(2)12(8-10)9-13(17)16-15(14(18)19)6-3-7-15/h4-5,8H,3,6-7,9H2,1-2H3,(H,16,17)(H,18,19). The van der Waals surface area contributed by atoms with Crippen LogP contribution in [0, 0.1) is 13.8 Å². The maximum atomic E-state index is 12.0. The summed E-state index contributed by atoms with van der Waals surface area (Å²) in [6, 6.07) is 5.96. The molecule has 2 rings (SSSR count). The van der Waals surface area contributed by atoms with Crippen molar-refractivity contribution < 1.29 is 14.7 Å². The normalized spacial score (nSPS) is 16.5. The molecule has 4 nitrogen and oxygen atoms in total. The Morgan fingerprint density at radius 2 is 2.00 bits per heavy atom. The number of benzene rings is 1. The summed E-state index contributed by atoms with van der Waals surface area (Å²) in [4.78, 5) is 23.2. The molecule has 102 valence electrons. The van der Waals surface area contributed by atoms with E-state index in [-0.39, 0.29) is 12.3 Å². The third-order valence-electron chi connectivity index (χ3n) is 3.85. The van der Waals surface area contributed by atoms with Crippen molar-refractivity contribution >= 4 is 11.9 Å². The zero-order valence-corrected chi connectivity index (χ0v) is 11.3. The molecule has 0 radical (unpaired) electrons. The molecule has 0 bridgehead atoms. The molecule has 2 N–H and O–H groups in total. The van der Waals surface area contributed by atoms with Crippen LogP contribution in [-0.2, 0) is 16.0 Å².